The molecule has 0 aliphatic carbocycles. The van der Waals surface area contributed by atoms with Gasteiger partial charge in [-0.1, -0.05) is 0 Å². The SMILES string of the molecule is O=S(=O)(Nc1cc(F)ccc1Br)c1ccc(O)cc1. The number of sulfonamides is 1. The fourth-order valence-corrected chi connectivity index (χ4v) is 2.95. The second kappa shape index (κ2) is 5.18. The largest absolute Gasteiger partial charge is 0.508 e. The van der Waals surface area contributed by atoms with Crippen molar-refractivity contribution in [3.63, 3.8) is 0 Å². The number of phenols is 1. The van der Waals surface area contributed by atoms with Crippen LogP contribution in [0.4, 0.5) is 10.1 Å². The molecule has 100 valence electrons. The van der Waals surface area contributed by atoms with E-state index in [-0.39, 0.29) is 16.3 Å². The number of anilines is 1. The molecular weight excluding hydrogens is 337 g/mol. The van der Waals surface area contributed by atoms with E-state index in [0.29, 0.717) is 4.47 Å². The van der Waals surface area contributed by atoms with Gasteiger partial charge in [-0.2, -0.15) is 0 Å². The molecule has 2 aromatic rings. The topological polar surface area (TPSA) is 66.4 Å². The molecule has 0 heterocycles. The van der Waals surface area contributed by atoms with Gasteiger partial charge in [-0.3, -0.25) is 4.72 Å². The fraction of sp³-hybridized carbons (Fsp3) is 0. The third-order valence-electron chi connectivity index (χ3n) is 2.32. The molecule has 0 aromatic heterocycles. The summed E-state index contributed by atoms with van der Waals surface area (Å²) in [5.74, 6) is -0.586. The molecule has 0 fully saturated rings. The average molecular weight is 346 g/mol. The molecule has 0 radical (unpaired) electrons. The summed E-state index contributed by atoms with van der Waals surface area (Å²) in [6.07, 6.45) is 0. The Kier molecular flexibility index (Phi) is 3.77. The Labute approximate surface area is 118 Å². The lowest BCUT2D eigenvalue weighted by molar-refractivity contribution is 0.475. The Morgan fingerprint density at radius 2 is 1.74 bits per heavy atom. The lowest BCUT2D eigenvalue weighted by atomic mass is 10.3. The van der Waals surface area contributed by atoms with Crippen molar-refractivity contribution < 1.29 is 17.9 Å². The summed E-state index contributed by atoms with van der Waals surface area (Å²) in [5, 5.41) is 9.12. The van der Waals surface area contributed by atoms with Crippen LogP contribution in [0.25, 0.3) is 0 Å². The zero-order chi connectivity index (χ0) is 14.0. The van der Waals surface area contributed by atoms with Gasteiger partial charge >= 0.3 is 0 Å². The molecule has 0 amide bonds. The summed E-state index contributed by atoms with van der Waals surface area (Å²) in [7, 11) is -3.83. The second-order valence-corrected chi connectivity index (χ2v) is 6.26. The monoisotopic (exact) mass is 345 g/mol. The third kappa shape index (κ3) is 3.24. The number of halogens is 2. The molecule has 0 unspecified atom stereocenters. The molecule has 0 aliphatic heterocycles. The van der Waals surface area contributed by atoms with Crippen LogP contribution in [0.1, 0.15) is 0 Å². The molecule has 0 bridgehead atoms. The molecule has 0 saturated carbocycles. The number of phenolic OH excluding ortho intramolecular Hbond substituents is 1. The van der Waals surface area contributed by atoms with Gasteiger partial charge in [0.2, 0.25) is 0 Å². The summed E-state index contributed by atoms with van der Waals surface area (Å²) in [6, 6.07) is 8.72. The standard InChI is InChI=1S/C12H9BrFNO3S/c13-11-6-1-8(14)7-12(11)15-19(17,18)10-4-2-9(16)3-5-10/h1-7,15-16H. The van der Waals surface area contributed by atoms with Crippen LogP contribution in [-0.4, -0.2) is 13.5 Å². The van der Waals surface area contributed by atoms with Gasteiger partial charge in [0.05, 0.1) is 10.6 Å². The van der Waals surface area contributed by atoms with Gasteiger partial charge in [-0.05, 0) is 58.4 Å². The van der Waals surface area contributed by atoms with Gasteiger partial charge in [0.15, 0.2) is 0 Å². The van der Waals surface area contributed by atoms with Crippen molar-refractivity contribution >= 4 is 31.6 Å². The van der Waals surface area contributed by atoms with Gasteiger partial charge in [-0.15, -0.1) is 0 Å². The van der Waals surface area contributed by atoms with Crippen LogP contribution in [0.5, 0.6) is 5.75 Å². The van der Waals surface area contributed by atoms with Crippen molar-refractivity contribution in [2.45, 2.75) is 4.90 Å². The van der Waals surface area contributed by atoms with Crippen LogP contribution in [0.2, 0.25) is 0 Å². The first-order valence-corrected chi connectivity index (χ1v) is 7.43. The van der Waals surface area contributed by atoms with Crippen LogP contribution < -0.4 is 4.72 Å². The molecule has 19 heavy (non-hydrogen) atoms. The predicted octanol–water partition coefficient (Wildman–Crippen LogP) is 3.09. The molecule has 7 heteroatoms. The zero-order valence-corrected chi connectivity index (χ0v) is 11.9. The minimum absolute atomic E-state index is 0.0264. The Morgan fingerprint density at radius 3 is 2.37 bits per heavy atom. The van der Waals surface area contributed by atoms with Crippen molar-refractivity contribution in [2.75, 3.05) is 4.72 Å². The van der Waals surface area contributed by atoms with E-state index in [4.69, 9.17) is 5.11 Å². The molecule has 0 saturated heterocycles. The van der Waals surface area contributed by atoms with Crippen LogP contribution in [-0.2, 0) is 10.0 Å². The van der Waals surface area contributed by atoms with E-state index in [1.165, 1.54) is 36.4 Å². The van der Waals surface area contributed by atoms with Gasteiger partial charge in [0.25, 0.3) is 10.0 Å². The first-order valence-electron chi connectivity index (χ1n) is 5.15. The van der Waals surface area contributed by atoms with Crippen molar-refractivity contribution in [3.05, 3.63) is 52.8 Å². The van der Waals surface area contributed by atoms with Crippen LogP contribution in [0, 0.1) is 5.82 Å². The number of hydrogen-bond donors (Lipinski definition) is 2. The van der Waals surface area contributed by atoms with E-state index in [1.54, 1.807) is 0 Å². The highest BCUT2D eigenvalue weighted by Gasteiger charge is 2.15. The first-order chi connectivity index (χ1) is 8.88. The molecular formula is C12H9BrFNO3S. The minimum atomic E-state index is -3.83. The third-order valence-corrected chi connectivity index (χ3v) is 4.39. The van der Waals surface area contributed by atoms with Crippen molar-refractivity contribution in [1.82, 2.24) is 0 Å². The summed E-state index contributed by atoms with van der Waals surface area (Å²) in [4.78, 5) is -0.0264. The summed E-state index contributed by atoms with van der Waals surface area (Å²) in [6.45, 7) is 0. The highest BCUT2D eigenvalue weighted by atomic mass is 79.9. The van der Waals surface area contributed by atoms with E-state index in [1.807, 2.05) is 0 Å². The van der Waals surface area contributed by atoms with Crippen molar-refractivity contribution in [3.8, 4) is 5.75 Å². The minimum Gasteiger partial charge on any atom is -0.508 e. The number of aromatic hydroxyl groups is 1. The Balaban J connectivity index is 2.36. The number of nitrogens with one attached hydrogen (secondary N) is 1. The smallest absolute Gasteiger partial charge is 0.261 e. The van der Waals surface area contributed by atoms with E-state index in [9.17, 15) is 12.8 Å². The quantitative estimate of drug-likeness (QED) is 0.898. The maximum absolute atomic E-state index is 13.1. The van der Waals surface area contributed by atoms with E-state index in [2.05, 4.69) is 20.7 Å². The fourth-order valence-electron chi connectivity index (χ4n) is 1.40. The van der Waals surface area contributed by atoms with Crippen LogP contribution in [0.15, 0.2) is 51.8 Å². The lowest BCUT2D eigenvalue weighted by Crippen LogP contribution is -2.13. The maximum Gasteiger partial charge on any atom is 0.261 e. The predicted molar refractivity (Wildman–Crippen MR) is 73.0 cm³/mol. The van der Waals surface area contributed by atoms with Crippen LogP contribution >= 0.6 is 15.9 Å². The summed E-state index contributed by atoms with van der Waals surface area (Å²) >= 11 is 3.13. The number of benzene rings is 2. The Morgan fingerprint density at radius 1 is 1.11 bits per heavy atom. The molecule has 4 nitrogen and oxygen atoms in total. The molecule has 2 aromatic carbocycles. The second-order valence-electron chi connectivity index (χ2n) is 3.72. The Hall–Kier alpha value is -1.60. The van der Waals surface area contributed by atoms with Crippen LogP contribution in [0.3, 0.4) is 0 Å². The maximum atomic E-state index is 13.1. The summed E-state index contributed by atoms with van der Waals surface area (Å²) < 4.78 is 39.9. The number of hydrogen-bond acceptors (Lipinski definition) is 3. The number of rotatable bonds is 3. The normalized spacial score (nSPS) is 11.3. The van der Waals surface area contributed by atoms with E-state index in [0.717, 1.165) is 6.07 Å². The first kappa shape index (κ1) is 13.8. The van der Waals surface area contributed by atoms with Crippen molar-refractivity contribution in [2.24, 2.45) is 0 Å². The highest BCUT2D eigenvalue weighted by molar-refractivity contribution is 9.10. The summed E-state index contributed by atoms with van der Waals surface area (Å²) in [5.41, 5.74) is 0.105. The van der Waals surface area contributed by atoms with Gasteiger partial charge in [0.1, 0.15) is 11.6 Å². The van der Waals surface area contributed by atoms with Crippen molar-refractivity contribution in [1.29, 1.82) is 0 Å². The van der Waals surface area contributed by atoms with Gasteiger partial charge in [0, 0.05) is 4.47 Å². The zero-order valence-electron chi connectivity index (χ0n) is 9.47. The highest BCUT2D eigenvalue weighted by Crippen LogP contribution is 2.26. The molecule has 0 spiro atoms. The van der Waals surface area contributed by atoms with E-state index >= 15 is 0 Å². The average Bonchev–Trinajstić information content (AvgIpc) is 2.34. The van der Waals surface area contributed by atoms with E-state index < -0.39 is 15.8 Å². The van der Waals surface area contributed by atoms with Gasteiger partial charge < -0.3 is 5.11 Å². The molecule has 0 aliphatic rings. The van der Waals surface area contributed by atoms with Gasteiger partial charge in [-0.25, -0.2) is 12.8 Å². The Bertz CT molecular complexity index is 701. The lowest BCUT2D eigenvalue weighted by Gasteiger charge is -2.09. The molecule has 2 N–H and O–H groups in total. The molecule has 2 rings (SSSR count). The molecule has 0 atom stereocenters.